The van der Waals surface area contributed by atoms with Crippen LogP contribution in [0.25, 0.3) is 5.69 Å². The molecule has 0 bridgehead atoms. The minimum atomic E-state index is -1.07. The second kappa shape index (κ2) is 5.00. The van der Waals surface area contributed by atoms with Crippen LogP contribution in [0.15, 0.2) is 24.3 Å². The van der Waals surface area contributed by atoms with E-state index in [-0.39, 0.29) is 5.69 Å². The number of hydrogen-bond acceptors (Lipinski definition) is 2. The van der Waals surface area contributed by atoms with Gasteiger partial charge in [-0.2, -0.15) is 5.10 Å². The molecule has 1 aromatic carbocycles. The molecule has 0 saturated heterocycles. The molecule has 0 fully saturated rings. The molecular formula is C12H10Cl2N2O2. The number of carbonyl (C=O) groups is 1. The zero-order valence-corrected chi connectivity index (χ0v) is 11.0. The van der Waals surface area contributed by atoms with Crippen molar-refractivity contribution in [3.05, 3.63) is 45.7 Å². The molecular weight excluding hydrogens is 275 g/mol. The van der Waals surface area contributed by atoms with Crippen LogP contribution in [0.1, 0.15) is 23.1 Å². The van der Waals surface area contributed by atoms with E-state index in [0.717, 1.165) is 5.69 Å². The second-order valence-electron chi connectivity index (χ2n) is 3.69. The lowest BCUT2D eigenvalue weighted by Crippen LogP contribution is -2.04. The van der Waals surface area contributed by atoms with E-state index in [1.165, 1.54) is 10.7 Å². The smallest absolute Gasteiger partial charge is 0.356 e. The molecule has 0 amide bonds. The Hall–Kier alpha value is -1.52. The van der Waals surface area contributed by atoms with Crippen LogP contribution in [-0.2, 0) is 6.42 Å². The third kappa shape index (κ3) is 2.35. The number of benzene rings is 1. The third-order valence-electron chi connectivity index (χ3n) is 2.50. The van der Waals surface area contributed by atoms with Gasteiger partial charge in [-0.15, -0.1) is 0 Å². The molecule has 1 heterocycles. The monoisotopic (exact) mass is 284 g/mol. The van der Waals surface area contributed by atoms with Crippen molar-refractivity contribution in [3.63, 3.8) is 0 Å². The van der Waals surface area contributed by atoms with Crippen LogP contribution < -0.4 is 0 Å². The minimum absolute atomic E-state index is 0.0112. The zero-order valence-electron chi connectivity index (χ0n) is 9.52. The minimum Gasteiger partial charge on any atom is -0.476 e. The van der Waals surface area contributed by atoms with E-state index in [0.29, 0.717) is 22.2 Å². The fraction of sp³-hybridized carbons (Fsp3) is 0.167. The lowest BCUT2D eigenvalue weighted by molar-refractivity contribution is 0.0690. The summed E-state index contributed by atoms with van der Waals surface area (Å²) in [7, 11) is 0. The number of hydrogen-bond donors (Lipinski definition) is 1. The summed E-state index contributed by atoms with van der Waals surface area (Å²) in [5.74, 6) is -1.07. The van der Waals surface area contributed by atoms with E-state index in [1.54, 1.807) is 18.2 Å². The molecule has 0 saturated carbocycles. The highest BCUT2D eigenvalue weighted by Crippen LogP contribution is 2.25. The van der Waals surface area contributed by atoms with E-state index >= 15 is 0 Å². The van der Waals surface area contributed by atoms with Crippen LogP contribution in [0, 0.1) is 0 Å². The molecule has 4 nitrogen and oxygen atoms in total. The number of aromatic nitrogens is 2. The van der Waals surface area contributed by atoms with Crippen molar-refractivity contribution >= 4 is 29.2 Å². The number of carboxylic acids is 1. The van der Waals surface area contributed by atoms with Gasteiger partial charge >= 0.3 is 5.97 Å². The highest BCUT2D eigenvalue weighted by molar-refractivity contribution is 6.34. The maximum absolute atomic E-state index is 10.9. The Morgan fingerprint density at radius 3 is 2.72 bits per heavy atom. The maximum Gasteiger partial charge on any atom is 0.356 e. The van der Waals surface area contributed by atoms with Gasteiger partial charge in [0.2, 0.25) is 0 Å². The molecule has 0 radical (unpaired) electrons. The van der Waals surface area contributed by atoms with Gasteiger partial charge in [-0.05, 0) is 30.7 Å². The first-order valence-electron chi connectivity index (χ1n) is 5.30. The van der Waals surface area contributed by atoms with Crippen molar-refractivity contribution in [1.82, 2.24) is 9.78 Å². The molecule has 2 aromatic rings. The quantitative estimate of drug-likeness (QED) is 0.939. The fourth-order valence-corrected chi connectivity index (χ4v) is 2.00. The van der Waals surface area contributed by atoms with Gasteiger partial charge in [0.1, 0.15) is 0 Å². The summed E-state index contributed by atoms with van der Waals surface area (Å²) < 4.78 is 1.51. The Morgan fingerprint density at radius 1 is 1.39 bits per heavy atom. The van der Waals surface area contributed by atoms with E-state index in [4.69, 9.17) is 28.3 Å². The summed E-state index contributed by atoms with van der Waals surface area (Å²) in [5, 5.41) is 14.0. The van der Waals surface area contributed by atoms with Crippen LogP contribution in [0.4, 0.5) is 0 Å². The topological polar surface area (TPSA) is 55.1 Å². The van der Waals surface area contributed by atoms with Gasteiger partial charge in [0.05, 0.1) is 10.7 Å². The van der Waals surface area contributed by atoms with Gasteiger partial charge in [0, 0.05) is 10.7 Å². The van der Waals surface area contributed by atoms with Crippen LogP contribution in [0.5, 0.6) is 0 Å². The number of nitrogens with zero attached hydrogens (tertiary/aromatic N) is 2. The maximum atomic E-state index is 10.9. The lowest BCUT2D eigenvalue weighted by atomic mass is 10.2. The summed E-state index contributed by atoms with van der Waals surface area (Å²) in [4.78, 5) is 10.9. The van der Waals surface area contributed by atoms with Crippen LogP contribution in [0.3, 0.4) is 0 Å². The largest absolute Gasteiger partial charge is 0.476 e. The van der Waals surface area contributed by atoms with Gasteiger partial charge in [-0.25, -0.2) is 9.48 Å². The predicted molar refractivity (Wildman–Crippen MR) is 69.9 cm³/mol. The fourth-order valence-electron chi connectivity index (χ4n) is 1.63. The Labute approximate surface area is 114 Å². The summed E-state index contributed by atoms with van der Waals surface area (Å²) in [6, 6.07) is 6.50. The van der Waals surface area contributed by atoms with Crippen LogP contribution in [0.2, 0.25) is 10.0 Å². The van der Waals surface area contributed by atoms with Crippen molar-refractivity contribution in [2.24, 2.45) is 0 Å². The average Bonchev–Trinajstić information content (AvgIpc) is 2.76. The van der Waals surface area contributed by atoms with Gasteiger partial charge in [0.15, 0.2) is 5.69 Å². The Bertz CT molecular complexity index is 608. The van der Waals surface area contributed by atoms with Crippen molar-refractivity contribution in [2.45, 2.75) is 13.3 Å². The van der Waals surface area contributed by atoms with E-state index in [1.807, 2.05) is 6.92 Å². The van der Waals surface area contributed by atoms with Gasteiger partial charge in [0.25, 0.3) is 0 Å². The van der Waals surface area contributed by atoms with Crippen LogP contribution in [-0.4, -0.2) is 20.9 Å². The first-order valence-corrected chi connectivity index (χ1v) is 6.06. The summed E-state index contributed by atoms with van der Waals surface area (Å²) in [5.41, 5.74) is 1.33. The van der Waals surface area contributed by atoms with E-state index in [9.17, 15) is 4.79 Å². The second-order valence-corrected chi connectivity index (χ2v) is 4.53. The van der Waals surface area contributed by atoms with Gasteiger partial charge < -0.3 is 5.11 Å². The Morgan fingerprint density at radius 2 is 2.11 bits per heavy atom. The van der Waals surface area contributed by atoms with Crippen molar-refractivity contribution in [1.29, 1.82) is 0 Å². The SMILES string of the molecule is CCc1cc(C(=O)O)nn1-c1cc(Cl)ccc1Cl. The molecule has 6 heteroatoms. The molecule has 0 aliphatic carbocycles. The molecule has 0 atom stereocenters. The van der Waals surface area contributed by atoms with E-state index in [2.05, 4.69) is 5.10 Å². The Balaban J connectivity index is 2.62. The molecule has 18 heavy (non-hydrogen) atoms. The lowest BCUT2D eigenvalue weighted by Gasteiger charge is -2.08. The molecule has 2 rings (SSSR count). The molecule has 0 aliphatic heterocycles. The number of aryl methyl sites for hydroxylation is 1. The molecule has 0 unspecified atom stereocenters. The molecule has 0 aliphatic rings. The Kier molecular flexibility index (Phi) is 3.59. The average molecular weight is 285 g/mol. The summed E-state index contributed by atoms with van der Waals surface area (Å²) in [6.45, 7) is 1.91. The third-order valence-corrected chi connectivity index (χ3v) is 3.06. The van der Waals surface area contributed by atoms with Crippen molar-refractivity contribution in [3.8, 4) is 5.69 Å². The standard InChI is InChI=1S/C12H10Cl2N2O2/c1-2-8-6-10(12(17)18)15-16(8)11-5-7(13)3-4-9(11)14/h3-6H,2H2,1H3,(H,17,18). The van der Waals surface area contributed by atoms with Crippen LogP contribution >= 0.6 is 23.2 Å². The van der Waals surface area contributed by atoms with Gasteiger partial charge in [-0.1, -0.05) is 30.1 Å². The first-order chi connectivity index (χ1) is 8.52. The number of aromatic carboxylic acids is 1. The number of halogens is 2. The molecule has 0 spiro atoms. The number of carboxylic acid groups (broad SMARTS) is 1. The molecule has 94 valence electrons. The van der Waals surface area contributed by atoms with Crippen molar-refractivity contribution in [2.75, 3.05) is 0 Å². The molecule has 1 aromatic heterocycles. The highest BCUT2D eigenvalue weighted by atomic mass is 35.5. The molecule has 1 N–H and O–H groups in total. The summed E-state index contributed by atoms with van der Waals surface area (Å²) in [6.07, 6.45) is 0.642. The normalized spacial score (nSPS) is 10.6. The predicted octanol–water partition coefficient (Wildman–Crippen LogP) is 3.44. The van der Waals surface area contributed by atoms with Crippen molar-refractivity contribution < 1.29 is 9.90 Å². The van der Waals surface area contributed by atoms with E-state index < -0.39 is 5.97 Å². The van der Waals surface area contributed by atoms with Gasteiger partial charge in [-0.3, -0.25) is 0 Å². The first kappa shape index (κ1) is 12.9. The highest BCUT2D eigenvalue weighted by Gasteiger charge is 2.15. The summed E-state index contributed by atoms with van der Waals surface area (Å²) >= 11 is 12.0. The zero-order chi connectivity index (χ0) is 13.3. The number of rotatable bonds is 3.